The summed E-state index contributed by atoms with van der Waals surface area (Å²) in [7, 11) is 0. The molecule has 1 aromatic carbocycles. The first-order valence-electron chi connectivity index (χ1n) is 5.66. The highest BCUT2D eigenvalue weighted by Gasteiger charge is 2.34. The van der Waals surface area contributed by atoms with Gasteiger partial charge < -0.3 is 15.1 Å². The quantitative estimate of drug-likeness (QED) is 0.785. The van der Waals surface area contributed by atoms with Gasteiger partial charge in [-0.25, -0.2) is 4.79 Å². The Bertz CT molecular complexity index is 413. The Morgan fingerprint density at radius 2 is 1.83 bits per heavy atom. The van der Waals surface area contributed by atoms with E-state index in [1.807, 2.05) is 24.3 Å². The van der Waals surface area contributed by atoms with E-state index in [-0.39, 0.29) is 6.42 Å². The molecule has 0 aromatic heterocycles. The number of aliphatic hydroxyl groups is 2. The summed E-state index contributed by atoms with van der Waals surface area (Å²) in [5.41, 5.74) is 0.837. The Kier molecular flexibility index (Phi) is 4.55. The van der Waals surface area contributed by atoms with Crippen LogP contribution in [0.25, 0.3) is 0 Å². The SMILES string of the molecule is O=C(Cc1ccc(I)cc1)ON1C(O)CCC1O. The van der Waals surface area contributed by atoms with E-state index in [2.05, 4.69) is 22.6 Å². The second-order valence-electron chi connectivity index (χ2n) is 4.17. The highest BCUT2D eigenvalue weighted by Crippen LogP contribution is 2.21. The van der Waals surface area contributed by atoms with Crippen molar-refractivity contribution in [3.63, 3.8) is 0 Å². The minimum Gasteiger partial charge on any atom is -0.375 e. The van der Waals surface area contributed by atoms with Crippen LogP contribution in [0.2, 0.25) is 0 Å². The predicted molar refractivity (Wildman–Crippen MR) is 72.0 cm³/mol. The Labute approximate surface area is 118 Å². The molecule has 0 bridgehead atoms. The number of hydrogen-bond donors (Lipinski definition) is 2. The second kappa shape index (κ2) is 5.96. The highest BCUT2D eigenvalue weighted by atomic mass is 127. The summed E-state index contributed by atoms with van der Waals surface area (Å²) >= 11 is 2.19. The van der Waals surface area contributed by atoms with Gasteiger partial charge in [0.2, 0.25) is 0 Å². The number of benzene rings is 1. The number of halogens is 1. The van der Waals surface area contributed by atoms with Gasteiger partial charge in [0.15, 0.2) is 0 Å². The third kappa shape index (κ3) is 3.41. The van der Waals surface area contributed by atoms with Crippen LogP contribution in [0.4, 0.5) is 0 Å². The molecule has 2 rings (SSSR count). The molecular weight excluding hydrogens is 349 g/mol. The van der Waals surface area contributed by atoms with Gasteiger partial charge in [0, 0.05) is 3.57 Å². The minimum atomic E-state index is -0.916. The predicted octanol–water partition coefficient (Wildman–Crippen LogP) is 1.02. The molecule has 0 amide bonds. The summed E-state index contributed by atoms with van der Waals surface area (Å²) in [6.07, 6.45) is -0.913. The maximum atomic E-state index is 11.7. The molecule has 1 aliphatic heterocycles. The van der Waals surface area contributed by atoms with E-state index in [9.17, 15) is 15.0 Å². The van der Waals surface area contributed by atoms with Crippen LogP contribution in [-0.4, -0.2) is 33.7 Å². The standard InChI is InChI=1S/C12H14INO4/c13-9-3-1-8(2-4-9)7-12(17)18-14-10(15)5-6-11(14)16/h1-4,10-11,15-16H,5-7H2. The highest BCUT2D eigenvalue weighted by molar-refractivity contribution is 14.1. The van der Waals surface area contributed by atoms with E-state index in [0.29, 0.717) is 12.8 Å². The van der Waals surface area contributed by atoms with Gasteiger partial charge in [-0.2, -0.15) is 0 Å². The Balaban J connectivity index is 1.90. The zero-order chi connectivity index (χ0) is 13.1. The van der Waals surface area contributed by atoms with E-state index in [1.54, 1.807) is 0 Å². The van der Waals surface area contributed by atoms with Gasteiger partial charge >= 0.3 is 5.97 Å². The van der Waals surface area contributed by atoms with Crippen molar-refractivity contribution in [2.45, 2.75) is 31.7 Å². The van der Waals surface area contributed by atoms with Crippen LogP contribution >= 0.6 is 22.6 Å². The first-order valence-corrected chi connectivity index (χ1v) is 6.74. The van der Waals surface area contributed by atoms with Crippen LogP contribution in [0.1, 0.15) is 18.4 Å². The summed E-state index contributed by atoms with van der Waals surface area (Å²) in [6.45, 7) is 0. The normalized spacial score (nSPS) is 24.2. The topological polar surface area (TPSA) is 70.0 Å². The molecule has 1 aliphatic rings. The monoisotopic (exact) mass is 363 g/mol. The molecule has 2 N–H and O–H groups in total. The van der Waals surface area contributed by atoms with Gasteiger partial charge in [-0.1, -0.05) is 17.2 Å². The summed E-state index contributed by atoms with van der Waals surface area (Å²) in [5, 5.41) is 20.0. The molecule has 2 unspecified atom stereocenters. The van der Waals surface area contributed by atoms with Crippen LogP contribution in [0.3, 0.4) is 0 Å². The Hall–Kier alpha value is -0.700. The van der Waals surface area contributed by atoms with Crippen molar-refractivity contribution in [2.24, 2.45) is 0 Å². The molecule has 1 saturated heterocycles. The Morgan fingerprint density at radius 3 is 2.39 bits per heavy atom. The van der Waals surface area contributed by atoms with Crippen LogP contribution in [0.15, 0.2) is 24.3 Å². The number of carbonyl (C=O) groups is 1. The third-order valence-corrected chi connectivity index (χ3v) is 3.46. The molecule has 0 spiro atoms. The summed E-state index contributed by atoms with van der Waals surface area (Å²) in [4.78, 5) is 16.6. The molecule has 18 heavy (non-hydrogen) atoms. The van der Waals surface area contributed by atoms with Crippen molar-refractivity contribution in [3.05, 3.63) is 33.4 Å². The second-order valence-corrected chi connectivity index (χ2v) is 5.41. The fourth-order valence-corrected chi connectivity index (χ4v) is 2.15. The maximum absolute atomic E-state index is 11.7. The fourth-order valence-electron chi connectivity index (χ4n) is 1.79. The average Bonchev–Trinajstić information content (AvgIpc) is 2.64. The summed E-state index contributed by atoms with van der Waals surface area (Å²) in [6, 6.07) is 7.51. The van der Waals surface area contributed by atoms with E-state index >= 15 is 0 Å². The fraction of sp³-hybridized carbons (Fsp3) is 0.417. The number of hydrogen-bond acceptors (Lipinski definition) is 5. The lowest BCUT2D eigenvalue weighted by atomic mass is 10.2. The van der Waals surface area contributed by atoms with E-state index in [4.69, 9.17) is 4.84 Å². The van der Waals surface area contributed by atoms with Crippen LogP contribution < -0.4 is 0 Å². The molecular formula is C12H14INO4. The van der Waals surface area contributed by atoms with Gasteiger partial charge in [0.05, 0.1) is 6.42 Å². The van der Waals surface area contributed by atoms with Gasteiger partial charge in [-0.15, -0.1) is 0 Å². The van der Waals surface area contributed by atoms with Crippen LogP contribution in [-0.2, 0) is 16.1 Å². The first-order chi connectivity index (χ1) is 8.56. The number of rotatable bonds is 3. The van der Waals surface area contributed by atoms with Crippen molar-refractivity contribution < 1.29 is 19.8 Å². The van der Waals surface area contributed by atoms with E-state index < -0.39 is 18.4 Å². The van der Waals surface area contributed by atoms with Gasteiger partial charge in [0.25, 0.3) is 0 Å². The van der Waals surface area contributed by atoms with Gasteiger partial charge in [0.1, 0.15) is 12.5 Å². The Morgan fingerprint density at radius 1 is 1.28 bits per heavy atom. The molecule has 2 atom stereocenters. The molecule has 6 heteroatoms. The molecule has 5 nitrogen and oxygen atoms in total. The summed E-state index contributed by atoms with van der Waals surface area (Å²) in [5.74, 6) is -0.490. The van der Waals surface area contributed by atoms with Gasteiger partial charge in [-0.05, 0) is 53.1 Å². The van der Waals surface area contributed by atoms with Crippen LogP contribution in [0, 0.1) is 3.57 Å². The maximum Gasteiger partial charge on any atom is 0.329 e. The smallest absolute Gasteiger partial charge is 0.329 e. The lowest BCUT2D eigenvalue weighted by molar-refractivity contribution is -0.261. The van der Waals surface area contributed by atoms with E-state index in [1.165, 1.54) is 0 Å². The average molecular weight is 363 g/mol. The minimum absolute atomic E-state index is 0.118. The van der Waals surface area contributed by atoms with Crippen molar-refractivity contribution in [3.8, 4) is 0 Å². The molecule has 0 aliphatic carbocycles. The van der Waals surface area contributed by atoms with E-state index in [0.717, 1.165) is 14.2 Å². The molecule has 98 valence electrons. The largest absolute Gasteiger partial charge is 0.375 e. The van der Waals surface area contributed by atoms with Crippen molar-refractivity contribution >= 4 is 28.6 Å². The molecule has 1 aromatic rings. The molecule has 0 saturated carbocycles. The third-order valence-electron chi connectivity index (χ3n) is 2.74. The van der Waals surface area contributed by atoms with Crippen molar-refractivity contribution in [2.75, 3.05) is 0 Å². The first kappa shape index (κ1) is 13.7. The lowest BCUT2D eigenvalue weighted by Crippen LogP contribution is -2.38. The zero-order valence-corrected chi connectivity index (χ0v) is 11.8. The van der Waals surface area contributed by atoms with Crippen molar-refractivity contribution in [1.29, 1.82) is 0 Å². The summed E-state index contributed by atoms with van der Waals surface area (Å²) < 4.78 is 1.09. The number of aliphatic hydroxyl groups excluding tert-OH is 2. The number of carbonyl (C=O) groups excluding carboxylic acids is 1. The van der Waals surface area contributed by atoms with Gasteiger partial charge in [-0.3, -0.25) is 0 Å². The molecule has 0 radical (unpaired) electrons. The lowest BCUT2D eigenvalue weighted by Gasteiger charge is -2.21. The molecule has 1 heterocycles. The zero-order valence-electron chi connectivity index (χ0n) is 9.62. The number of hydroxylamine groups is 2. The van der Waals surface area contributed by atoms with Crippen molar-refractivity contribution in [1.82, 2.24) is 5.06 Å². The van der Waals surface area contributed by atoms with Crippen LogP contribution in [0.5, 0.6) is 0 Å². The molecule has 1 fully saturated rings. The number of nitrogens with zero attached hydrogens (tertiary/aromatic N) is 1.